The molecule has 0 bridgehead atoms. The number of rotatable bonds is 4. The Bertz CT molecular complexity index is 1830. The molecule has 0 aromatic heterocycles. The maximum Gasteiger partial charge on any atom is 0.236 e. The molecule has 198 valence electrons. The number of nitrogens with zero attached hydrogens (tertiary/aromatic N) is 3. The fourth-order valence-electron chi connectivity index (χ4n) is 6.62. The second-order valence-corrected chi connectivity index (χ2v) is 10.9. The lowest BCUT2D eigenvalue weighted by molar-refractivity contribution is -0.476. The molecule has 4 aromatic carbocycles. The molecule has 4 aromatic rings. The van der Waals surface area contributed by atoms with Gasteiger partial charge in [0.25, 0.3) is 0 Å². The molecular weight excluding hydrogens is 500 g/mol. The minimum Gasteiger partial charge on any atom is -0.276 e. The van der Waals surface area contributed by atoms with Crippen molar-refractivity contribution in [2.24, 2.45) is 5.10 Å². The van der Waals surface area contributed by atoms with E-state index in [1.165, 1.54) is 61.5 Å². The van der Waals surface area contributed by atoms with Crippen LogP contribution in [0.3, 0.4) is 0 Å². The minimum atomic E-state index is 0.697. The SMILES string of the molecule is CC1=NNC(C)=C([N+]2=C(CCc3ccc(C#N)cc3)c3ccccc3CC2)C1=C1c2ccccc2-c2ccccc21. The number of hydrogen-bond donors (Lipinski definition) is 1. The van der Waals surface area contributed by atoms with Gasteiger partial charge in [-0.1, -0.05) is 78.9 Å². The maximum atomic E-state index is 9.25. The van der Waals surface area contributed by atoms with Gasteiger partial charge < -0.3 is 0 Å². The van der Waals surface area contributed by atoms with Gasteiger partial charge in [-0.15, -0.1) is 0 Å². The number of fused-ring (bicyclic) bond motifs is 4. The van der Waals surface area contributed by atoms with Crippen molar-refractivity contribution in [2.75, 3.05) is 6.54 Å². The van der Waals surface area contributed by atoms with Crippen LogP contribution in [-0.4, -0.2) is 22.5 Å². The first-order valence-corrected chi connectivity index (χ1v) is 14.3. The normalized spacial score (nSPS) is 15.6. The lowest BCUT2D eigenvalue weighted by Gasteiger charge is -2.25. The zero-order valence-electron chi connectivity index (χ0n) is 23.4. The van der Waals surface area contributed by atoms with E-state index in [0.29, 0.717) is 5.56 Å². The van der Waals surface area contributed by atoms with Crippen LogP contribution in [0.5, 0.6) is 0 Å². The highest BCUT2D eigenvalue weighted by Gasteiger charge is 2.38. The van der Waals surface area contributed by atoms with Gasteiger partial charge >= 0.3 is 0 Å². The van der Waals surface area contributed by atoms with Gasteiger partial charge in [0, 0.05) is 24.0 Å². The predicted molar refractivity (Wildman–Crippen MR) is 166 cm³/mol. The molecule has 0 amide bonds. The average molecular weight is 532 g/mol. The average Bonchev–Trinajstić information content (AvgIpc) is 3.35. The third-order valence-electron chi connectivity index (χ3n) is 8.54. The summed E-state index contributed by atoms with van der Waals surface area (Å²) in [6.45, 7) is 5.18. The van der Waals surface area contributed by atoms with Crippen molar-refractivity contribution in [3.8, 4) is 17.2 Å². The Labute approximate surface area is 241 Å². The van der Waals surface area contributed by atoms with Gasteiger partial charge in [0.05, 0.1) is 22.9 Å². The zero-order chi connectivity index (χ0) is 27.9. The summed E-state index contributed by atoms with van der Waals surface area (Å²) in [6.07, 6.45) is 2.78. The van der Waals surface area contributed by atoms with Crippen LogP contribution in [-0.2, 0) is 12.8 Å². The second-order valence-electron chi connectivity index (χ2n) is 10.9. The summed E-state index contributed by atoms with van der Waals surface area (Å²) >= 11 is 0. The Morgan fingerprint density at radius 2 is 1.34 bits per heavy atom. The van der Waals surface area contributed by atoms with Crippen molar-refractivity contribution < 1.29 is 4.58 Å². The molecule has 4 heteroatoms. The van der Waals surface area contributed by atoms with Crippen LogP contribution in [0.25, 0.3) is 16.7 Å². The van der Waals surface area contributed by atoms with Gasteiger partial charge in [0.2, 0.25) is 5.70 Å². The van der Waals surface area contributed by atoms with E-state index in [1.54, 1.807) is 0 Å². The predicted octanol–water partition coefficient (Wildman–Crippen LogP) is 7.24. The van der Waals surface area contributed by atoms with Crippen molar-refractivity contribution >= 4 is 17.0 Å². The molecule has 2 aliphatic heterocycles. The highest BCUT2D eigenvalue weighted by atomic mass is 15.3. The lowest BCUT2D eigenvalue weighted by atomic mass is 9.88. The summed E-state index contributed by atoms with van der Waals surface area (Å²) in [5.41, 5.74) is 20.2. The molecule has 0 saturated heterocycles. The Kier molecular flexibility index (Phi) is 6.21. The highest BCUT2D eigenvalue weighted by Crippen LogP contribution is 2.47. The first-order valence-electron chi connectivity index (χ1n) is 14.3. The van der Waals surface area contributed by atoms with E-state index in [2.05, 4.69) is 115 Å². The molecule has 1 aliphatic carbocycles. The summed E-state index contributed by atoms with van der Waals surface area (Å²) in [6, 6.07) is 36.6. The molecule has 7 rings (SSSR count). The van der Waals surface area contributed by atoms with Crippen molar-refractivity contribution in [2.45, 2.75) is 33.1 Å². The molecule has 2 heterocycles. The van der Waals surface area contributed by atoms with Crippen LogP contribution in [0.4, 0.5) is 0 Å². The van der Waals surface area contributed by atoms with Gasteiger partial charge in [-0.3, -0.25) is 5.43 Å². The van der Waals surface area contributed by atoms with Crippen LogP contribution < -0.4 is 5.43 Å². The number of benzene rings is 4. The third-order valence-corrected chi connectivity index (χ3v) is 8.54. The molecule has 0 atom stereocenters. The van der Waals surface area contributed by atoms with Crippen molar-refractivity contribution in [1.82, 2.24) is 5.43 Å². The first-order chi connectivity index (χ1) is 20.1. The molecular formula is C37H31N4+. The van der Waals surface area contributed by atoms with Crippen molar-refractivity contribution in [3.05, 3.63) is 147 Å². The van der Waals surface area contributed by atoms with E-state index >= 15 is 0 Å². The fraction of sp³-hybridized carbons (Fsp3) is 0.162. The number of hydrogen-bond acceptors (Lipinski definition) is 3. The minimum absolute atomic E-state index is 0.697. The summed E-state index contributed by atoms with van der Waals surface area (Å²) in [7, 11) is 0. The smallest absolute Gasteiger partial charge is 0.236 e. The third kappa shape index (κ3) is 4.22. The Hall–Kier alpha value is -5.01. The van der Waals surface area contributed by atoms with Gasteiger partial charge in [-0.2, -0.15) is 14.9 Å². The lowest BCUT2D eigenvalue weighted by Crippen LogP contribution is -2.35. The topological polar surface area (TPSA) is 51.2 Å². The van der Waals surface area contributed by atoms with Gasteiger partial charge in [-0.25, -0.2) is 0 Å². The molecule has 3 aliphatic rings. The van der Waals surface area contributed by atoms with Crippen LogP contribution in [0.15, 0.2) is 119 Å². The molecule has 0 radical (unpaired) electrons. The maximum absolute atomic E-state index is 9.25. The largest absolute Gasteiger partial charge is 0.276 e. The zero-order valence-corrected chi connectivity index (χ0v) is 23.4. The molecule has 0 spiro atoms. The second kappa shape index (κ2) is 10.2. The van der Waals surface area contributed by atoms with Crippen LogP contribution in [0.1, 0.15) is 53.6 Å². The number of aryl methyl sites for hydroxylation is 1. The monoisotopic (exact) mass is 531 g/mol. The number of nitriles is 1. The molecule has 41 heavy (non-hydrogen) atoms. The summed E-state index contributed by atoms with van der Waals surface area (Å²) in [5.74, 6) is 0. The standard InChI is InChI=1S/C37H31N4/c1-24-35(36-32-13-7-5-11-30(32)31-12-6-8-14-33(31)36)37(25(2)40-39-24)41-22-21-28-9-3-4-10-29(28)34(41)20-19-26-15-17-27(23-38)18-16-26/h3-18,40H,19-22H2,1-2H3/q+1. The summed E-state index contributed by atoms with van der Waals surface area (Å²) in [4.78, 5) is 0. The molecule has 0 saturated carbocycles. The van der Waals surface area contributed by atoms with E-state index in [9.17, 15) is 5.26 Å². The van der Waals surface area contributed by atoms with Crippen molar-refractivity contribution in [3.63, 3.8) is 0 Å². The van der Waals surface area contributed by atoms with E-state index in [1.807, 2.05) is 12.1 Å². The van der Waals surface area contributed by atoms with Gasteiger partial charge in [0.1, 0.15) is 5.70 Å². The molecule has 4 nitrogen and oxygen atoms in total. The quantitative estimate of drug-likeness (QED) is 0.249. The summed E-state index contributed by atoms with van der Waals surface area (Å²) in [5, 5.41) is 14.0. The number of hydrazone groups is 1. The molecule has 0 unspecified atom stereocenters. The fourth-order valence-corrected chi connectivity index (χ4v) is 6.62. The highest BCUT2D eigenvalue weighted by molar-refractivity contribution is 6.16. The van der Waals surface area contributed by atoms with Crippen LogP contribution in [0, 0.1) is 11.3 Å². The van der Waals surface area contributed by atoms with E-state index in [4.69, 9.17) is 5.10 Å². The first kappa shape index (κ1) is 25.0. The van der Waals surface area contributed by atoms with Crippen LogP contribution in [0.2, 0.25) is 0 Å². The van der Waals surface area contributed by atoms with Crippen LogP contribution >= 0.6 is 0 Å². The van der Waals surface area contributed by atoms with E-state index < -0.39 is 0 Å². The number of allylic oxidation sites excluding steroid dienone is 2. The Morgan fingerprint density at radius 1 is 0.732 bits per heavy atom. The molecule has 1 N–H and O–H groups in total. The van der Waals surface area contributed by atoms with E-state index in [-0.39, 0.29) is 0 Å². The summed E-state index contributed by atoms with van der Waals surface area (Å²) < 4.78 is 2.55. The van der Waals surface area contributed by atoms with Gasteiger partial charge in [0.15, 0.2) is 12.3 Å². The molecule has 0 fully saturated rings. The van der Waals surface area contributed by atoms with Gasteiger partial charge in [-0.05, 0) is 71.8 Å². The number of nitrogens with one attached hydrogen (secondary N) is 1. The van der Waals surface area contributed by atoms with Crippen molar-refractivity contribution in [1.29, 1.82) is 5.26 Å². The van der Waals surface area contributed by atoms with E-state index in [0.717, 1.165) is 37.2 Å². The Balaban J connectivity index is 1.44. The Morgan fingerprint density at radius 3 is 2.00 bits per heavy atom.